The molecule has 0 spiro atoms. The SMILES string of the molecule is Cn1cnc(C(NC(=O)OC(C)(C)C)C(=O)O)c1. The fraction of sp³-hybridized carbons (Fsp3) is 0.545. The van der Waals surface area contributed by atoms with E-state index in [9.17, 15) is 9.59 Å². The van der Waals surface area contributed by atoms with Gasteiger partial charge in [0.15, 0.2) is 6.04 Å². The number of hydrogen-bond donors (Lipinski definition) is 2. The van der Waals surface area contributed by atoms with Gasteiger partial charge in [-0.05, 0) is 20.8 Å². The van der Waals surface area contributed by atoms with Gasteiger partial charge in [0.1, 0.15) is 5.60 Å². The minimum atomic E-state index is -1.22. The van der Waals surface area contributed by atoms with Gasteiger partial charge in [-0.1, -0.05) is 0 Å². The number of rotatable bonds is 3. The summed E-state index contributed by atoms with van der Waals surface area (Å²) in [6, 6.07) is -1.22. The molecule has 0 aliphatic rings. The van der Waals surface area contributed by atoms with Crippen LogP contribution in [0.3, 0.4) is 0 Å². The van der Waals surface area contributed by atoms with Crippen molar-refractivity contribution in [3.63, 3.8) is 0 Å². The third kappa shape index (κ3) is 4.08. The number of aliphatic carboxylic acids is 1. The Hall–Kier alpha value is -2.05. The smallest absolute Gasteiger partial charge is 0.408 e. The quantitative estimate of drug-likeness (QED) is 0.842. The van der Waals surface area contributed by atoms with Gasteiger partial charge in [-0.15, -0.1) is 0 Å². The van der Waals surface area contributed by atoms with E-state index < -0.39 is 23.7 Å². The van der Waals surface area contributed by atoms with E-state index in [1.807, 2.05) is 0 Å². The minimum Gasteiger partial charge on any atom is -0.479 e. The van der Waals surface area contributed by atoms with E-state index in [0.717, 1.165) is 0 Å². The van der Waals surface area contributed by atoms with Crippen molar-refractivity contribution in [2.24, 2.45) is 7.05 Å². The number of hydrogen-bond acceptors (Lipinski definition) is 4. The Morgan fingerprint density at radius 1 is 1.50 bits per heavy atom. The molecule has 1 amide bonds. The van der Waals surface area contributed by atoms with E-state index >= 15 is 0 Å². The first-order valence-corrected chi connectivity index (χ1v) is 5.39. The summed E-state index contributed by atoms with van der Waals surface area (Å²) in [5, 5.41) is 11.3. The number of carbonyl (C=O) groups excluding carboxylic acids is 1. The standard InChI is InChI=1S/C11H17N3O4/c1-11(2,3)18-10(17)13-8(9(15)16)7-5-14(4)6-12-7/h5-6,8H,1-4H3,(H,13,17)(H,15,16). The molecule has 0 aliphatic carbocycles. The Morgan fingerprint density at radius 2 is 2.11 bits per heavy atom. The summed E-state index contributed by atoms with van der Waals surface area (Å²) in [5.74, 6) is -1.19. The lowest BCUT2D eigenvalue weighted by molar-refractivity contribution is -0.139. The fourth-order valence-corrected chi connectivity index (χ4v) is 1.27. The van der Waals surface area contributed by atoms with Crippen molar-refractivity contribution in [3.8, 4) is 0 Å². The molecule has 7 nitrogen and oxygen atoms in total. The Bertz CT molecular complexity index is 447. The molecule has 1 rings (SSSR count). The highest BCUT2D eigenvalue weighted by Gasteiger charge is 2.26. The molecular weight excluding hydrogens is 238 g/mol. The number of nitrogens with zero attached hydrogens (tertiary/aromatic N) is 2. The monoisotopic (exact) mass is 255 g/mol. The van der Waals surface area contributed by atoms with Crippen LogP contribution in [0.5, 0.6) is 0 Å². The second kappa shape index (κ2) is 5.07. The van der Waals surface area contributed by atoms with Crippen LogP contribution in [0.25, 0.3) is 0 Å². The summed E-state index contributed by atoms with van der Waals surface area (Å²) in [5.41, 5.74) is -0.437. The molecule has 1 aromatic rings. The van der Waals surface area contributed by atoms with E-state index in [2.05, 4.69) is 10.3 Å². The molecule has 1 heterocycles. The topological polar surface area (TPSA) is 93.5 Å². The van der Waals surface area contributed by atoms with Crippen molar-refractivity contribution in [3.05, 3.63) is 18.2 Å². The molecule has 7 heteroatoms. The van der Waals surface area contributed by atoms with Crippen molar-refractivity contribution in [1.82, 2.24) is 14.9 Å². The number of aryl methyl sites for hydroxylation is 1. The molecule has 18 heavy (non-hydrogen) atoms. The summed E-state index contributed by atoms with van der Waals surface area (Å²) in [7, 11) is 1.71. The maximum Gasteiger partial charge on any atom is 0.408 e. The summed E-state index contributed by atoms with van der Waals surface area (Å²) in [4.78, 5) is 26.5. The van der Waals surface area contributed by atoms with E-state index in [1.165, 1.54) is 12.5 Å². The summed E-state index contributed by atoms with van der Waals surface area (Å²) >= 11 is 0. The zero-order valence-electron chi connectivity index (χ0n) is 10.8. The molecule has 0 aromatic carbocycles. The maximum atomic E-state index is 11.5. The average molecular weight is 255 g/mol. The summed E-state index contributed by atoms with van der Waals surface area (Å²) in [6.45, 7) is 5.09. The van der Waals surface area contributed by atoms with Gasteiger partial charge in [-0.25, -0.2) is 14.6 Å². The maximum absolute atomic E-state index is 11.5. The molecule has 0 radical (unpaired) electrons. The number of imidazole rings is 1. The van der Waals surface area contributed by atoms with Gasteiger partial charge >= 0.3 is 12.1 Å². The van der Waals surface area contributed by atoms with E-state index in [1.54, 1.807) is 32.4 Å². The second-order valence-electron chi connectivity index (χ2n) is 4.88. The number of ether oxygens (including phenoxy) is 1. The minimum absolute atomic E-state index is 0.246. The average Bonchev–Trinajstić information content (AvgIpc) is 2.57. The molecule has 0 saturated heterocycles. The third-order valence-corrected chi connectivity index (χ3v) is 1.93. The first kappa shape index (κ1) is 14.0. The van der Waals surface area contributed by atoms with Crippen molar-refractivity contribution >= 4 is 12.1 Å². The number of aromatic nitrogens is 2. The predicted molar refractivity (Wildman–Crippen MR) is 63.0 cm³/mol. The highest BCUT2D eigenvalue weighted by atomic mass is 16.6. The first-order chi connectivity index (χ1) is 8.19. The summed E-state index contributed by atoms with van der Waals surface area (Å²) in [6.07, 6.45) is 2.19. The van der Waals surface area contributed by atoms with Crippen LogP contribution < -0.4 is 5.32 Å². The van der Waals surface area contributed by atoms with Crippen molar-refractivity contribution in [2.75, 3.05) is 0 Å². The van der Waals surface area contributed by atoms with Gasteiger partial charge in [0.2, 0.25) is 0 Å². The van der Waals surface area contributed by atoms with Gasteiger partial charge in [-0.2, -0.15) is 0 Å². The predicted octanol–water partition coefficient (Wildman–Crippen LogP) is 1.07. The lowest BCUT2D eigenvalue weighted by Crippen LogP contribution is -2.38. The zero-order valence-corrected chi connectivity index (χ0v) is 10.8. The molecule has 0 saturated carbocycles. The fourth-order valence-electron chi connectivity index (χ4n) is 1.27. The van der Waals surface area contributed by atoms with Gasteiger partial charge < -0.3 is 19.7 Å². The highest BCUT2D eigenvalue weighted by molar-refractivity contribution is 5.80. The molecule has 2 N–H and O–H groups in total. The lowest BCUT2D eigenvalue weighted by Gasteiger charge is -2.21. The molecule has 0 aliphatic heterocycles. The van der Waals surface area contributed by atoms with Crippen LogP contribution in [0.15, 0.2) is 12.5 Å². The largest absolute Gasteiger partial charge is 0.479 e. The van der Waals surface area contributed by atoms with Gasteiger partial charge in [0.05, 0.1) is 12.0 Å². The van der Waals surface area contributed by atoms with Crippen LogP contribution in [0.1, 0.15) is 32.5 Å². The molecule has 1 unspecified atom stereocenters. The zero-order chi connectivity index (χ0) is 13.9. The Labute approximate surface area is 105 Å². The number of carbonyl (C=O) groups is 2. The van der Waals surface area contributed by atoms with Crippen LogP contribution in [-0.4, -0.2) is 32.3 Å². The van der Waals surface area contributed by atoms with Gasteiger partial charge in [0.25, 0.3) is 0 Å². The third-order valence-electron chi connectivity index (χ3n) is 1.93. The molecule has 0 fully saturated rings. The molecule has 1 aromatic heterocycles. The number of carboxylic acid groups (broad SMARTS) is 1. The number of carboxylic acids is 1. The Kier molecular flexibility index (Phi) is 3.95. The number of alkyl carbamates (subject to hydrolysis) is 1. The van der Waals surface area contributed by atoms with Gasteiger partial charge in [-0.3, -0.25) is 0 Å². The van der Waals surface area contributed by atoms with E-state index in [4.69, 9.17) is 9.84 Å². The Balaban J connectivity index is 2.76. The van der Waals surface area contributed by atoms with E-state index in [0.29, 0.717) is 0 Å². The van der Waals surface area contributed by atoms with Crippen LogP contribution in [-0.2, 0) is 16.6 Å². The van der Waals surface area contributed by atoms with Crippen LogP contribution in [0.2, 0.25) is 0 Å². The molecular formula is C11H17N3O4. The first-order valence-electron chi connectivity index (χ1n) is 5.39. The van der Waals surface area contributed by atoms with Crippen LogP contribution in [0.4, 0.5) is 4.79 Å². The highest BCUT2D eigenvalue weighted by Crippen LogP contribution is 2.12. The number of nitrogens with one attached hydrogen (secondary N) is 1. The molecule has 0 bridgehead atoms. The van der Waals surface area contributed by atoms with Crippen molar-refractivity contribution in [1.29, 1.82) is 0 Å². The lowest BCUT2D eigenvalue weighted by atomic mass is 10.2. The molecule has 1 atom stereocenters. The van der Waals surface area contributed by atoms with Crippen LogP contribution >= 0.6 is 0 Å². The Morgan fingerprint density at radius 3 is 2.50 bits per heavy atom. The second-order valence-corrected chi connectivity index (χ2v) is 4.88. The van der Waals surface area contributed by atoms with Gasteiger partial charge in [0, 0.05) is 13.2 Å². The number of amides is 1. The van der Waals surface area contributed by atoms with Crippen molar-refractivity contribution < 1.29 is 19.4 Å². The van der Waals surface area contributed by atoms with Crippen molar-refractivity contribution in [2.45, 2.75) is 32.4 Å². The summed E-state index contributed by atoms with van der Waals surface area (Å²) < 4.78 is 6.60. The molecule has 100 valence electrons. The van der Waals surface area contributed by atoms with Crippen LogP contribution in [0, 0.1) is 0 Å². The van der Waals surface area contributed by atoms with E-state index in [-0.39, 0.29) is 5.69 Å². The normalized spacial score (nSPS) is 12.9.